The fraction of sp³-hybridized carbons (Fsp3) is 0.462. The van der Waals surface area contributed by atoms with E-state index in [9.17, 15) is 13.2 Å². The lowest BCUT2D eigenvalue weighted by Crippen LogP contribution is -2.18. The number of sulfone groups is 1. The Balaban J connectivity index is 2.43. The van der Waals surface area contributed by atoms with Gasteiger partial charge < -0.3 is 15.8 Å². The second kappa shape index (κ2) is 8.21. The number of rotatable bonds is 8. The lowest BCUT2D eigenvalue weighted by Gasteiger charge is -2.08. The van der Waals surface area contributed by atoms with Crippen molar-refractivity contribution in [2.45, 2.75) is 12.8 Å². The molecule has 1 aromatic carbocycles. The van der Waals surface area contributed by atoms with E-state index in [1.807, 2.05) is 0 Å². The van der Waals surface area contributed by atoms with Crippen molar-refractivity contribution in [1.29, 1.82) is 0 Å². The van der Waals surface area contributed by atoms with Gasteiger partial charge in [0, 0.05) is 18.6 Å². The van der Waals surface area contributed by atoms with Gasteiger partial charge in [-0.15, -0.1) is 0 Å². The third kappa shape index (κ3) is 6.79. The number of ether oxygens (including phenoxy) is 1. The summed E-state index contributed by atoms with van der Waals surface area (Å²) in [5.74, 6) is -0.382. The number of methoxy groups -OCH3 is 1. The SMILES string of the molecule is COCCS(=O)(=O)CCCC(=O)Nc1cc(Cl)ccc1N. The highest BCUT2D eigenvalue weighted by molar-refractivity contribution is 7.91. The molecular weight excluding hydrogens is 316 g/mol. The van der Waals surface area contributed by atoms with E-state index < -0.39 is 9.84 Å². The largest absolute Gasteiger partial charge is 0.397 e. The van der Waals surface area contributed by atoms with E-state index in [0.717, 1.165) is 0 Å². The minimum Gasteiger partial charge on any atom is -0.397 e. The van der Waals surface area contributed by atoms with Crippen LogP contribution in [-0.4, -0.2) is 39.5 Å². The number of carbonyl (C=O) groups is 1. The highest BCUT2D eigenvalue weighted by atomic mass is 35.5. The highest BCUT2D eigenvalue weighted by Crippen LogP contribution is 2.23. The summed E-state index contributed by atoms with van der Waals surface area (Å²) >= 11 is 5.81. The Morgan fingerprint density at radius 1 is 1.38 bits per heavy atom. The topological polar surface area (TPSA) is 98.5 Å². The van der Waals surface area contributed by atoms with Gasteiger partial charge >= 0.3 is 0 Å². The van der Waals surface area contributed by atoms with Crippen molar-refractivity contribution in [3.63, 3.8) is 0 Å². The molecule has 3 N–H and O–H groups in total. The summed E-state index contributed by atoms with van der Waals surface area (Å²) in [6.07, 6.45) is 0.344. The number of nitrogens with one attached hydrogen (secondary N) is 1. The Labute approximate surface area is 129 Å². The van der Waals surface area contributed by atoms with E-state index in [1.165, 1.54) is 7.11 Å². The minimum absolute atomic E-state index is 0.0354. The zero-order valence-electron chi connectivity index (χ0n) is 11.8. The molecule has 1 amide bonds. The third-order valence-corrected chi connectivity index (χ3v) is 4.68. The number of benzene rings is 1. The Morgan fingerprint density at radius 3 is 2.76 bits per heavy atom. The number of hydrogen-bond donors (Lipinski definition) is 2. The van der Waals surface area contributed by atoms with Crippen LogP contribution < -0.4 is 11.1 Å². The summed E-state index contributed by atoms with van der Waals surface area (Å²) in [6, 6.07) is 4.76. The fourth-order valence-electron chi connectivity index (χ4n) is 1.61. The van der Waals surface area contributed by atoms with Crippen LogP contribution in [0.2, 0.25) is 5.02 Å². The molecule has 6 nitrogen and oxygen atoms in total. The third-order valence-electron chi connectivity index (χ3n) is 2.75. The number of carbonyl (C=O) groups excluding carboxylic acids is 1. The first-order valence-corrected chi connectivity index (χ1v) is 8.58. The van der Waals surface area contributed by atoms with Gasteiger partial charge in [-0.05, 0) is 24.6 Å². The molecule has 21 heavy (non-hydrogen) atoms. The summed E-state index contributed by atoms with van der Waals surface area (Å²) in [5.41, 5.74) is 6.54. The molecule has 1 rings (SSSR count). The van der Waals surface area contributed by atoms with Crippen LogP contribution >= 0.6 is 11.6 Å². The van der Waals surface area contributed by atoms with Crippen LogP contribution in [0, 0.1) is 0 Å². The molecule has 8 heteroatoms. The van der Waals surface area contributed by atoms with Gasteiger partial charge in [0.05, 0.1) is 29.5 Å². The number of hydrogen-bond acceptors (Lipinski definition) is 5. The summed E-state index contributed by atoms with van der Waals surface area (Å²) < 4.78 is 27.9. The molecule has 0 atom stereocenters. The quantitative estimate of drug-likeness (QED) is 0.705. The van der Waals surface area contributed by atoms with Gasteiger partial charge in [0.1, 0.15) is 0 Å². The number of amides is 1. The van der Waals surface area contributed by atoms with E-state index in [1.54, 1.807) is 18.2 Å². The molecule has 0 radical (unpaired) electrons. The smallest absolute Gasteiger partial charge is 0.224 e. The average molecular weight is 335 g/mol. The summed E-state index contributed by atoms with van der Waals surface area (Å²) in [5, 5.41) is 3.07. The lowest BCUT2D eigenvalue weighted by molar-refractivity contribution is -0.116. The maximum atomic E-state index is 11.7. The van der Waals surface area contributed by atoms with Crippen molar-refractivity contribution in [1.82, 2.24) is 0 Å². The highest BCUT2D eigenvalue weighted by Gasteiger charge is 2.12. The minimum atomic E-state index is -3.18. The van der Waals surface area contributed by atoms with Crippen LogP contribution in [0.15, 0.2) is 18.2 Å². The van der Waals surface area contributed by atoms with Crippen molar-refractivity contribution in [3.05, 3.63) is 23.2 Å². The van der Waals surface area contributed by atoms with E-state index in [4.69, 9.17) is 22.1 Å². The average Bonchev–Trinajstić information content (AvgIpc) is 2.40. The van der Waals surface area contributed by atoms with Gasteiger partial charge in [0.15, 0.2) is 9.84 Å². The maximum absolute atomic E-state index is 11.7. The van der Waals surface area contributed by atoms with Crippen LogP contribution in [0.3, 0.4) is 0 Å². The molecule has 0 aromatic heterocycles. The molecule has 0 fully saturated rings. The molecule has 1 aromatic rings. The van der Waals surface area contributed by atoms with Crippen molar-refractivity contribution < 1.29 is 17.9 Å². The first-order chi connectivity index (χ1) is 9.84. The molecule has 0 bridgehead atoms. The molecule has 0 spiro atoms. The number of nitrogen functional groups attached to an aromatic ring is 1. The summed E-state index contributed by atoms with van der Waals surface area (Å²) in [7, 11) is -1.74. The van der Waals surface area contributed by atoms with Crippen molar-refractivity contribution in [2.75, 3.05) is 36.3 Å². The van der Waals surface area contributed by atoms with Gasteiger partial charge in [-0.2, -0.15) is 0 Å². The molecule has 0 heterocycles. The second-order valence-electron chi connectivity index (χ2n) is 4.53. The first kappa shape index (κ1) is 17.7. The van der Waals surface area contributed by atoms with Crippen LogP contribution in [0.4, 0.5) is 11.4 Å². The number of anilines is 2. The molecule has 0 unspecified atom stereocenters. The Kier molecular flexibility index (Phi) is 6.94. The molecular formula is C13H19ClN2O4S. The maximum Gasteiger partial charge on any atom is 0.224 e. The second-order valence-corrected chi connectivity index (χ2v) is 7.27. The Bertz CT molecular complexity index is 590. The van der Waals surface area contributed by atoms with E-state index in [0.29, 0.717) is 16.4 Å². The van der Waals surface area contributed by atoms with E-state index in [-0.39, 0.29) is 36.9 Å². The normalized spacial score (nSPS) is 11.3. The van der Waals surface area contributed by atoms with Crippen LogP contribution in [0.5, 0.6) is 0 Å². The van der Waals surface area contributed by atoms with Crippen LogP contribution in [-0.2, 0) is 19.4 Å². The van der Waals surface area contributed by atoms with E-state index in [2.05, 4.69) is 5.32 Å². The fourth-order valence-corrected chi connectivity index (χ4v) is 3.00. The predicted molar refractivity (Wildman–Crippen MR) is 84.3 cm³/mol. The van der Waals surface area contributed by atoms with Gasteiger partial charge in [-0.3, -0.25) is 4.79 Å². The Hall–Kier alpha value is -1.31. The monoisotopic (exact) mass is 334 g/mol. The zero-order valence-corrected chi connectivity index (χ0v) is 13.3. The van der Waals surface area contributed by atoms with Crippen molar-refractivity contribution in [2.24, 2.45) is 0 Å². The molecule has 0 saturated carbocycles. The van der Waals surface area contributed by atoms with Crippen molar-refractivity contribution in [3.8, 4) is 0 Å². The Morgan fingerprint density at radius 2 is 2.10 bits per heavy atom. The molecule has 0 aliphatic rings. The van der Waals surface area contributed by atoms with Gasteiger partial charge in [-0.1, -0.05) is 11.6 Å². The van der Waals surface area contributed by atoms with Gasteiger partial charge in [-0.25, -0.2) is 8.42 Å². The van der Waals surface area contributed by atoms with Crippen molar-refractivity contribution >= 4 is 38.7 Å². The molecule has 118 valence electrons. The lowest BCUT2D eigenvalue weighted by atomic mass is 10.2. The summed E-state index contributed by atoms with van der Waals surface area (Å²) in [4.78, 5) is 11.7. The van der Waals surface area contributed by atoms with Crippen LogP contribution in [0.25, 0.3) is 0 Å². The first-order valence-electron chi connectivity index (χ1n) is 6.38. The number of halogens is 1. The zero-order chi connectivity index (χ0) is 15.9. The predicted octanol–water partition coefficient (Wildman–Crippen LogP) is 1.70. The standard InChI is InChI=1S/C13H19ClN2O4S/c1-20-6-8-21(18,19)7-2-3-13(17)16-12-9-10(14)4-5-11(12)15/h4-5,9H,2-3,6-8,15H2,1H3,(H,16,17). The van der Waals surface area contributed by atoms with Gasteiger partial charge in [0.25, 0.3) is 0 Å². The van der Waals surface area contributed by atoms with E-state index >= 15 is 0 Å². The summed E-state index contributed by atoms with van der Waals surface area (Å²) in [6.45, 7) is 0.160. The molecule has 0 saturated heterocycles. The van der Waals surface area contributed by atoms with Crippen LogP contribution in [0.1, 0.15) is 12.8 Å². The number of nitrogens with two attached hydrogens (primary N) is 1. The molecule has 0 aliphatic carbocycles. The molecule has 0 aliphatic heterocycles. The van der Waals surface area contributed by atoms with Gasteiger partial charge in [0.2, 0.25) is 5.91 Å².